The first-order valence-electron chi connectivity index (χ1n) is 10.2. The van der Waals surface area contributed by atoms with E-state index in [2.05, 4.69) is 41.3 Å². The summed E-state index contributed by atoms with van der Waals surface area (Å²) < 4.78 is 19.1. The van der Waals surface area contributed by atoms with Crippen molar-refractivity contribution in [3.63, 3.8) is 0 Å². The summed E-state index contributed by atoms with van der Waals surface area (Å²) in [6.07, 6.45) is 2.54. The van der Waals surface area contributed by atoms with E-state index in [9.17, 15) is 4.39 Å². The van der Waals surface area contributed by atoms with Gasteiger partial charge in [0.1, 0.15) is 30.3 Å². The highest BCUT2D eigenvalue weighted by atomic mass is 35.5. The standard InChI is InChI=1S/C25H23ClFN3O/c1-16(2)10-17-6-8-23-21(12-17)25(29-15-28-23)30-20-7-9-24(22(26)13-20)31-14-18-4-3-5-19(27)11-18/h3-9,11-13,15-16H,10,14H2,1-2H3,(H,28,29,30). The molecular formula is C25H23ClFN3O. The molecule has 0 aliphatic rings. The molecule has 0 saturated heterocycles. The maximum absolute atomic E-state index is 13.3. The molecule has 4 nitrogen and oxygen atoms in total. The number of fused-ring (bicyclic) bond motifs is 1. The van der Waals surface area contributed by atoms with Gasteiger partial charge in [-0.2, -0.15) is 0 Å². The topological polar surface area (TPSA) is 47.0 Å². The van der Waals surface area contributed by atoms with Crippen molar-refractivity contribution in [1.82, 2.24) is 9.97 Å². The summed E-state index contributed by atoms with van der Waals surface area (Å²) in [6.45, 7) is 4.63. The van der Waals surface area contributed by atoms with Gasteiger partial charge in [-0.25, -0.2) is 14.4 Å². The fourth-order valence-corrected chi connectivity index (χ4v) is 3.66. The molecule has 0 radical (unpaired) electrons. The Bertz CT molecular complexity index is 1210. The summed E-state index contributed by atoms with van der Waals surface area (Å²) >= 11 is 6.42. The van der Waals surface area contributed by atoms with Crippen LogP contribution in [0.2, 0.25) is 5.02 Å². The van der Waals surface area contributed by atoms with Crippen molar-refractivity contribution in [2.45, 2.75) is 26.9 Å². The first-order valence-corrected chi connectivity index (χ1v) is 10.5. The van der Waals surface area contributed by atoms with Crippen molar-refractivity contribution in [2.75, 3.05) is 5.32 Å². The van der Waals surface area contributed by atoms with Gasteiger partial charge in [0.25, 0.3) is 0 Å². The number of ether oxygens (including phenoxy) is 1. The Balaban J connectivity index is 1.53. The monoisotopic (exact) mass is 435 g/mol. The number of rotatable bonds is 7. The Hall–Kier alpha value is -3.18. The third-order valence-corrected chi connectivity index (χ3v) is 5.12. The van der Waals surface area contributed by atoms with Crippen LogP contribution >= 0.6 is 11.6 Å². The molecule has 0 saturated carbocycles. The lowest BCUT2D eigenvalue weighted by Gasteiger charge is -2.13. The van der Waals surface area contributed by atoms with E-state index in [1.165, 1.54) is 17.7 Å². The van der Waals surface area contributed by atoms with Gasteiger partial charge >= 0.3 is 0 Å². The van der Waals surface area contributed by atoms with E-state index in [1.807, 2.05) is 12.1 Å². The number of benzene rings is 3. The zero-order chi connectivity index (χ0) is 21.8. The van der Waals surface area contributed by atoms with E-state index in [0.29, 0.717) is 16.7 Å². The Kier molecular flexibility index (Phi) is 6.33. The van der Waals surface area contributed by atoms with Gasteiger partial charge in [0, 0.05) is 11.1 Å². The van der Waals surface area contributed by atoms with Gasteiger partial charge in [0.15, 0.2) is 0 Å². The molecule has 0 fully saturated rings. The molecule has 4 rings (SSSR count). The maximum atomic E-state index is 13.3. The van der Waals surface area contributed by atoms with Gasteiger partial charge in [-0.05, 0) is 65.9 Å². The molecule has 0 unspecified atom stereocenters. The minimum atomic E-state index is -0.291. The van der Waals surface area contributed by atoms with Gasteiger partial charge in [-0.15, -0.1) is 0 Å². The minimum Gasteiger partial charge on any atom is -0.487 e. The highest BCUT2D eigenvalue weighted by Gasteiger charge is 2.09. The molecule has 0 atom stereocenters. The van der Waals surface area contributed by atoms with E-state index < -0.39 is 0 Å². The van der Waals surface area contributed by atoms with E-state index in [0.717, 1.165) is 34.4 Å². The number of halogens is 2. The Morgan fingerprint density at radius 3 is 2.65 bits per heavy atom. The van der Waals surface area contributed by atoms with Gasteiger partial charge < -0.3 is 10.1 Å². The molecule has 1 heterocycles. The van der Waals surface area contributed by atoms with Gasteiger partial charge in [0.2, 0.25) is 0 Å². The number of nitrogens with one attached hydrogen (secondary N) is 1. The van der Waals surface area contributed by atoms with Crippen LogP contribution in [0.1, 0.15) is 25.0 Å². The third-order valence-electron chi connectivity index (χ3n) is 4.82. The van der Waals surface area contributed by atoms with Crippen LogP contribution in [0.25, 0.3) is 10.9 Å². The van der Waals surface area contributed by atoms with Gasteiger partial charge in [0.05, 0.1) is 10.5 Å². The summed E-state index contributed by atoms with van der Waals surface area (Å²) in [5, 5.41) is 4.76. The second-order valence-corrected chi connectivity index (χ2v) is 8.27. The average Bonchev–Trinajstić information content (AvgIpc) is 2.73. The van der Waals surface area contributed by atoms with Gasteiger partial charge in [-0.3, -0.25) is 0 Å². The zero-order valence-corrected chi connectivity index (χ0v) is 18.2. The fraction of sp³-hybridized carbons (Fsp3) is 0.200. The van der Waals surface area contributed by atoms with Crippen LogP contribution in [0.4, 0.5) is 15.9 Å². The lowest BCUT2D eigenvalue weighted by atomic mass is 10.0. The maximum Gasteiger partial charge on any atom is 0.141 e. The molecule has 1 N–H and O–H groups in total. The number of aromatic nitrogens is 2. The number of hydrogen-bond acceptors (Lipinski definition) is 4. The molecule has 1 aromatic heterocycles. The average molecular weight is 436 g/mol. The predicted octanol–water partition coefficient (Wildman–Crippen LogP) is 6.94. The SMILES string of the molecule is CC(C)Cc1ccc2ncnc(Nc3ccc(OCc4cccc(F)c4)c(Cl)c3)c2c1. The Morgan fingerprint density at radius 1 is 1.00 bits per heavy atom. The molecule has 6 heteroatoms. The highest BCUT2D eigenvalue weighted by molar-refractivity contribution is 6.32. The molecule has 3 aromatic carbocycles. The Labute approximate surface area is 186 Å². The van der Waals surface area contributed by atoms with E-state index in [1.54, 1.807) is 30.6 Å². The normalized spacial score (nSPS) is 11.1. The lowest BCUT2D eigenvalue weighted by molar-refractivity contribution is 0.306. The largest absolute Gasteiger partial charge is 0.487 e. The molecule has 158 valence electrons. The Morgan fingerprint density at radius 2 is 1.87 bits per heavy atom. The highest BCUT2D eigenvalue weighted by Crippen LogP contribution is 2.31. The summed E-state index contributed by atoms with van der Waals surface area (Å²) in [7, 11) is 0. The molecule has 0 aliphatic heterocycles. The van der Waals surface area contributed by atoms with Crippen LogP contribution in [0.3, 0.4) is 0 Å². The lowest BCUT2D eigenvalue weighted by Crippen LogP contribution is -1.99. The van der Waals surface area contributed by atoms with Crippen LogP contribution in [0.15, 0.2) is 67.0 Å². The molecular weight excluding hydrogens is 413 g/mol. The quantitative estimate of drug-likeness (QED) is 0.341. The molecule has 0 spiro atoms. The second-order valence-electron chi connectivity index (χ2n) is 7.86. The van der Waals surface area contributed by atoms with E-state index >= 15 is 0 Å². The molecule has 31 heavy (non-hydrogen) atoms. The summed E-state index contributed by atoms with van der Waals surface area (Å²) in [5.41, 5.74) is 3.66. The van der Waals surface area contributed by atoms with E-state index in [4.69, 9.17) is 16.3 Å². The minimum absolute atomic E-state index is 0.236. The molecule has 0 aliphatic carbocycles. The van der Waals surface area contributed by atoms with Crippen LogP contribution in [-0.4, -0.2) is 9.97 Å². The number of anilines is 2. The summed E-state index contributed by atoms with van der Waals surface area (Å²) in [4.78, 5) is 8.80. The number of nitrogens with zero attached hydrogens (tertiary/aromatic N) is 2. The first kappa shape index (κ1) is 21.1. The molecule has 0 bridgehead atoms. The van der Waals surface area contributed by atoms with Crippen LogP contribution in [-0.2, 0) is 13.0 Å². The van der Waals surface area contributed by atoms with Crippen molar-refractivity contribution in [3.8, 4) is 5.75 Å². The van der Waals surface area contributed by atoms with Crippen molar-refractivity contribution in [2.24, 2.45) is 5.92 Å². The predicted molar refractivity (Wildman–Crippen MR) is 124 cm³/mol. The van der Waals surface area contributed by atoms with Gasteiger partial charge in [-0.1, -0.05) is 43.6 Å². The van der Waals surface area contributed by atoms with Crippen LogP contribution < -0.4 is 10.1 Å². The fourth-order valence-electron chi connectivity index (χ4n) is 3.42. The van der Waals surface area contributed by atoms with Crippen LogP contribution in [0, 0.1) is 11.7 Å². The molecule has 4 aromatic rings. The smallest absolute Gasteiger partial charge is 0.141 e. The third kappa shape index (κ3) is 5.30. The van der Waals surface area contributed by atoms with Crippen molar-refractivity contribution >= 4 is 34.0 Å². The van der Waals surface area contributed by atoms with E-state index in [-0.39, 0.29) is 12.4 Å². The summed E-state index contributed by atoms with van der Waals surface area (Å²) in [5.74, 6) is 1.53. The molecule has 0 amide bonds. The second kappa shape index (κ2) is 9.31. The van der Waals surface area contributed by atoms with Crippen molar-refractivity contribution in [1.29, 1.82) is 0 Å². The van der Waals surface area contributed by atoms with Crippen LogP contribution in [0.5, 0.6) is 5.75 Å². The summed E-state index contributed by atoms with van der Waals surface area (Å²) in [6, 6.07) is 18.0. The van der Waals surface area contributed by atoms with Crippen molar-refractivity contribution in [3.05, 3.63) is 89.0 Å². The van der Waals surface area contributed by atoms with Crippen molar-refractivity contribution < 1.29 is 9.13 Å². The first-order chi connectivity index (χ1) is 15.0. The zero-order valence-electron chi connectivity index (χ0n) is 17.4. The number of hydrogen-bond donors (Lipinski definition) is 1.